The fourth-order valence-corrected chi connectivity index (χ4v) is 2.28. The van der Waals surface area contributed by atoms with Gasteiger partial charge in [-0.05, 0) is 10.3 Å². The van der Waals surface area contributed by atoms with E-state index < -0.39 is 0 Å². The van der Waals surface area contributed by atoms with Gasteiger partial charge in [0, 0.05) is 26.2 Å². The van der Waals surface area contributed by atoms with Crippen LogP contribution in [0.4, 0.5) is 10.6 Å². The smallest absolute Gasteiger partial charge is 0.317 e. The summed E-state index contributed by atoms with van der Waals surface area (Å²) in [4.78, 5) is 26.9. The maximum absolute atomic E-state index is 12.1. The molecular formula is C9H12N6O3. The molecule has 3 N–H and O–H groups in total. The Balaban J connectivity index is 1.74. The van der Waals surface area contributed by atoms with Crippen LogP contribution in [0, 0.1) is 0 Å². The predicted octanol–water partition coefficient (Wildman–Crippen LogP) is -1.50. The number of carbonyl (C=O) groups excluding carboxylic acids is 2. The van der Waals surface area contributed by atoms with Crippen molar-refractivity contribution < 1.29 is 14.2 Å². The average Bonchev–Trinajstić information content (AvgIpc) is 2.95. The third-order valence-electron chi connectivity index (χ3n) is 3.24. The molecule has 0 radical (unpaired) electrons. The van der Waals surface area contributed by atoms with E-state index in [0.717, 1.165) is 0 Å². The molecule has 1 atom stereocenters. The summed E-state index contributed by atoms with van der Waals surface area (Å²) in [6.45, 7) is 1.97. The summed E-state index contributed by atoms with van der Waals surface area (Å²) >= 11 is 0. The third kappa shape index (κ3) is 1.55. The lowest BCUT2D eigenvalue weighted by molar-refractivity contribution is 0.0607. The SMILES string of the molecule is Nc1nonc1C(=O)N1CCN2C(=O)NCC2C1. The number of nitrogens with zero attached hydrogens (tertiary/aromatic N) is 4. The average molecular weight is 252 g/mol. The molecule has 2 fully saturated rings. The molecule has 0 saturated carbocycles. The Kier molecular flexibility index (Phi) is 2.32. The molecule has 2 saturated heterocycles. The minimum absolute atomic E-state index is 0.0104. The number of carbonyl (C=O) groups is 2. The number of hydrogen-bond acceptors (Lipinski definition) is 6. The number of aromatic nitrogens is 2. The molecule has 0 bridgehead atoms. The van der Waals surface area contributed by atoms with E-state index in [1.807, 2.05) is 0 Å². The minimum atomic E-state index is -0.312. The number of anilines is 1. The second-order valence-corrected chi connectivity index (χ2v) is 4.28. The van der Waals surface area contributed by atoms with E-state index in [1.54, 1.807) is 9.80 Å². The maximum Gasteiger partial charge on any atom is 0.317 e. The van der Waals surface area contributed by atoms with Crippen LogP contribution in [0.3, 0.4) is 0 Å². The molecule has 2 aliphatic heterocycles. The number of rotatable bonds is 1. The number of nitrogen functional groups attached to an aromatic ring is 1. The van der Waals surface area contributed by atoms with Crippen LogP contribution in [-0.4, -0.2) is 64.3 Å². The van der Waals surface area contributed by atoms with Crippen LogP contribution >= 0.6 is 0 Å². The Bertz CT molecular complexity index is 500. The first kappa shape index (κ1) is 10.8. The van der Waals surface area contributed by atoms with Crippen LogP contribution in [0.25, 0.3) is 0 Å². The monoisotopic (exact) mass is 252 g/mol. The van der Waals surface area contributed by atoms with Gasteiger partial charge in [0.05, 0.1) is 6.04 Å². The highest BCUT2D eigenvalue weighted by Crippen LogP contribution is 2.17. The van der Waals surface area contributed by atoms with Crippen molar-refractivity contribution in [1.82, 2.24) is 25.4 Å². The van der Waals surface area contributed by atoms with Crippen molar-refractivity contribution in [2.45, 2.75) is 6.04 Å². The lowest BCUT2D eigenvalue weighted by Gasteiger charge is -2.35. The summed E-state index contributed by atoms with van der Waals surface area (Å²) in [6, 6.07) is -0.0639. The molecule has 9 heteroatoms. The molecule has 3 heterocycles. The van der Waals surface area contributed by atoms with Crippen molar-refractivity contribution in [2.24, 2.45) is 0 Å². The van der Waals surface area contributed by atoms with Gasteiger partial charge in [0.2, 0.25) is 11.5 Å². The van der Waals surface area contributed by atoms with Crippen LogP contribution in [-0.2, 0) is 0 Å². The van der Waals surface area contributed by atoms with Crippen molar-refractivity contribution in [3.63, 3.8) is 0 Å². The lowest BCUT2D eigenvalue weighted by atomic mass is 10.2. The predicted molar refractivity (Wildman–Crippen MR) is 58.5 cm³/mol. The Labute approximate surface area is 102 Å². The second kappa shape index (κ2) is 3.86. The highest BCUT2D eigenvalue weighted by Gasteiger charge is 2.38. The molecule has 96 valence electrons. The summed E-state index contributed by atoms with van der Waals surface area (Å²) in [5, 5.41) is 9.62. The van der Waals surface area contributed by atoms with Gasteiger partial charge in [0.1, 0.15) is 0 Å². The van der Waals surface area contributed by atoms with Gasteiger partial charge < -0.3 is 20.9 Å². The van der Waals surface area contributed by atoms with Gasteiger partial charge in [-0.3, -0.25) is 4.79 Å². The van der Waals surface area contributed by atoms with Gasteiger partial charge in [-0.1, -0.05) is 0 Å². The number of piperazine rings is 1. The van der Waals surface area contributed by atoms with Crippen molar-refractivity contribution >= 4 is 17.8 Å². The van der Waals surface area contributed by atoms with E-state index in [9.17, 15) is 9.59 Å². The van der Waals surface area contributed by atoms with Crippen LogP contribution < -0.4 is 11.1 Å². The molecule has 2 aliphatic rings. The summed E-state index contributed by atoms with van der Waals surface area (Å²) in [7, 11) is 0. The van der Waals surface area contributed by atoms with Gasteiger partial charge in [0.15, 0.2) is 0 Å². The highest BCUT2D eigenvalue weighted by atomic mass is 16.6. The molecule has 9 nitrogen and oxygen atoms in total. The van der Waals surface area contributed by atoms with E-state index in [1.165, 1.54) is 0 Å². The van der Waals surface area contributed by atoms with Gasteiger partial charge in [-0.2, -0.15) is 0 Å². The van der Waals surface area contributed by atoms with E-state index in [-0.39, 0.29) is 29.5 Å². The fraction of sp³-hybridized carbons (Fsp3) is 0.556. The molecule has 0 spiro atoms. The number of fused-ring (bicyclic) bond motifs is 1. The van der Waals surface area contributed by atoms with Gasteiger partial charge in [0.25, 0.3) is 5.91 Å². The number of nitrogens with one attached hydrogen (secondary N) is 1. The zero-order valence-electron chi connectivity index (χ0n) is 9.50. The van der Waals surface area contributed by atoms with Crippen LogP contribution in [0.15, 0.2) is 4.63 Å². The standard InChI is InChI=1S/C9H12N6O3/c10-7-6(12-18-13-7)8(16)14-1-2-15-5(4-14)3-11-9(15)17/h5H,1-4H2,(H2,10,13)(H,11,17). The van der Waals surface area contributed by atoms with Gasteiger partial charge in [-0.25, -0.2) is 9.42 Å². The van der Waals surface area contributed by atoms with Crippen LogP contribution in [0.2, 0.25) is 0 Å². The van der Waals surface area contributed by atoms with Crippen molar-refractivity contribution in [3.8, 4) is 0 Å². The first-order chi connectivity index (χ1) is 8.66. The van der Waals surface area contributed by atoms with Crippen LogP contribution in [0.5, 0.6) is 0 Å². The summed E-state index contributed by atoms with van der Waals surface area (Å²) in [5.74, 6) is -0.323. The number of amides is 3. The van der Waals surface area contributed by atoms with Crippen molar-refractivity contribution in [3.05, 3.63) is 5.69 Å². The first-order valence-corrected chi connectivity index (χ1v) is 5.58. The van der Waals surface area contributed by atoms with E-state index in [0.29, 0.717) is 26.2 Å². The zero-order valence-corrected chi connectivity index (χ0v) is 9.50. The van der Waals surface area contributed by atoms with Crippen LogP contribution in [0.1, 0.15) is 10.5 Å². The first-order valence-electron chi connectivity index (χ1n) is 5.58. The van der Waals surface area contributed by atoms with Gasteiger partial charge >= 0.3 is 6.03 Å². The fourth-order valence-electron chi connectivity index (χ4n) is 2.28. The minimum Gasteiger partial charge on any atom is -0.379 e. The number of nitrogens with two attached hydrogens (primary N) is 1. The number of urea groups is 1. The second-order valence-electron chi connectivity index (χ2n) is 4.28. The molecule has 0 aliphatic carbocycles. The highest BCUT2D eigenvalue weighted by molar-refractivity contribution is 5.96. The Morgan fingerprint density at radius 1 is 1.44 bits per heavy atom. The summed E-state index contributed by atoms with van der Waals surface area (Å²) in [6.07, 6.45) is 0. The Morgan fingerprint density at radius 2 is 2.28 bits per heavy atom. The molecule has 3 amide bonds. The normalized spacial score (nSPS) is 22.9. The molecule has 0 aromatic carbocycles. The molecule has 18 heavy (non-hydrogen) atoms. The molecule has 3 rings (SSSR count). The Morgan fingerprint density at radius 3 is 3.00 bits per heavy atom. The lowest BCUT2D eigenvalue weighted by Crippen LogP contribution is -2.53. The Hall–Kier alpha value is -2.32. The third-order valence-corrected chi connectivity index (χ3v) is 3.24. The molecule has 1 aromatic rings. The summed E-state index contributed by atoms with van der Waals surface area (Å²) < 4.78 is 4.41. The number of hydrogen-bond donors (Lipinski definition) is 2. The topological polar surface area (TPSA) is 118 Å². The van der Waals surface area contributed by atoms with Crippen molar-refractivity contribution in [1.29, 1.82) is 0 Å². The van der Waals surface area contributed by atoms with E-state index in [2.05, 4.69) is 20.3 Å². The zero-order chi connectivity index (χ0) is 12.7. The van der Waals surface area contributed by atoms with Gasteiger partial charge in [-0.15, -0.1) is 0 Å². The largest absolute Gasteiger partial charge is 0.379 e. The molecule has 1 unspecified atom stereocenters. The van der Waals surface area contributed by atoms with E-state index >= 15 is 0 Å². The van der Waals surface area contributed by atoms with E-state index in [4.69, 9.17) is 5.73 Å². The molecular weight excluding hydrogens is 240 g/mol. The quantitative estimate of drug-likeness (QED) is 0.628. The summed E-state index contributed by atoms with van der Waals surface area (Å²) in [5.41, 5.74) is 5.51. The maximum atomic E-state index is 12.1. The molecule has 1 aromatic heterocycles. The van der Waals surface area contributed by atoms with Crippen molar-refractivity contribution in [2.75, 3.05) is 31.9 Å².